The number of rotatable bonds is 6. The Kier molecular flexibility index (Phi) is 9.58. The van der Waals surface area contributed by atoms with Crippen LogP contribution in [0.25, 0.3) is 0 Å². The van der Waals surface area contributed by atoms with Crippen molar-refractivity contribution in [3.8, 4) is 0 Å². The lowest BCUT2D eigenvalue weighted by molar-refractivity contribution is -0.134. The first-order valence-electron chi connectivity index (χ1n) is 10.3. The van der Waals surface area contributed by atoms with E-state index in [0.29, 0.717) is 43.5 Å². The molecule has 2 fully saturated rings. The molecule has 1 atom stereocenters. The normalized spacial score (nSPS) is 19.9. The van der Waals surface area contributed by atoms with E-state index in [0.717, 1.165) is 50.8 Å². The van der Waals surface area contributed by atoms with E-state index in [1.54, 1.807) is 0 Å². The van der Waals surface area contributed by atoms with E-state index in [-0.39, 0.29) is 35.9 Å². The maximum atomic E-state index is 13.7. The number of amides is 1. The largest absolute Gasteiger partial charge is 0.357 e. The van der Waals surface area contributed by atoms with E-state index in [1.165, 1.54) is 6.07 Å². The maximum absolute atomic E-state index is 13.7. The number of halogens is 3. The predicted molar refractivity (Wildman–Crippen MR) is 122 cm³/mol. The van der Waals surface area contributed by atoms with Gasteiger partial charge in [-0.05, 0) is 56.4 Å². The zero-order valence-corrected chi connectivity index (χ0v) is 19.3. The molecular weight excluding hydrogens is 489 g/mol. The van der Waals surface area contributed by atoms with Crippen LogP contribution in [0.1, 0.15) is 44.6 Å². The van der Waals surface area contributed by atoms with Gasteiger partial charge in [-0.15, -0.1) is 24.0 Å². The van der Waals surface area contributed by atoms with Crippen LogP contribution < -0.4 is 10.6 Å². The molecule has 0 bridgehead atoms. The Bertz CT molecular complexity index is 710. The lowest BCUT2D eigenvalue weighted by Crippen LogP contribution is -2.45. The van der Waals surface area contributed by atoms with Crippen LogP contribution in [0, 0.1) is 17.6 Å². The summed E-state index contributed by atoms with van der Waals surface area (Å²) in [5.41, 5.74) is 0.328. The van der Waals surface area contributed by atoms with Crippen LogP contribution in [0.5, 0.6) is 0 Å². The van der Waals surface area contributed by atoms with E-state index in [4.69, 9.17) is 0 Å². The van der Waals surface area contributed by atoms with Gasteiger partial charge in [0.2, 0.25) is 5.91 Å². The molecule has 1 unspecified atom stereocenters. The van der Waals surface area contributed by atoms with Gasteiger partial charge in [0.25, 0.3) is 0 Å². The van der Waals surface area contributed by atoms with Crippen molar-refractivity contribution in [3.63, 3.8) is 0 Å². The minimum atomic E-state index is -0.441. The number of nitrogens with one attached hydrogen (secondary N) is 2. The molecule has 1 amide bonds. The number of benzene rings is 1. The fraction of sp³-hybridized carbons (Fsp3) is 0.619. The van der Waals surface area contributed by atoms with Gasteiger partial charge in [-0.25, -0.2) is 8.78 Å². The summed E-state index contributed by atoms with van der Waals surface area (Å²) in [7, 11) is 0. The molecule has 1 saturated heterocycles. The molecule has 29 heavy (non-hydrogen) atoms. The Balaban J connectivity index is 0.00000300. The molecule has 162 valence electrons. The minimum absolute atomic E-state index is 0. The quantitative estimate of drug-likeness (QED) is 0.343. The van der Waals surface area contributed by atoms with Crippen LogP contribution in [0.4, 0.5) is 8.78 Å². The second-order valence-electron chi connectivity index (χ2n) is 7.64. The molecule has 0 radical (unpaired) electrons. The molecule has 1 aliphatic heterocycles. The lowest BCUT2D eigenvalue weighted by Gasteiger charge is -2.21. The number of nitrogens with zero attached hydrogens (tertiary/aromatic N) is 2. The van der Waals surface area contributed by atoms with Crippen LogP contribution in [0.2, 0.25) is 0 Å². The zero-order valence-electron chi connectivity index (χ0n) is 16.9. The molecule has 1 aromatic rings. The summed E-state index contributed by atoms with van der Waals surface area (Å²) >= 11 is 0. The van der Waals surface area contributed by atoms with Crippen LogP contribution in [0.15, 0.2) is 23.2 Å². The molecule has 1 saturated carbocycles. The summed E-state index contributed by atoms with van der Waals surface area (Å²) in [6, 6.07) is 3.64. The van der Waals surface area contributed by atoms with Crippen molar-refractivity contribution in [2.24, 2.45) is 10.9 Å². The molecular formula is C21H31F2IN4O. The molecule has 2 N–H and O–H groups in total. The number of carbonyl (C=O) groups excluding carboxylic acids is 1. The standard InChI is InChI=1S/C21H30F2N4O.HI/c1-2-24-21(25-11-9-16-13-17(22)7-8-19(16)23)26-18-10-12-27(14-18)20(28)15-5-3-4-6-15;/h7-8,13,15,18H,2-6,9-12,14H2,1H3,(H2,24,25,26);1H. The summed E-state index contributed by atoms with van der Waals surface area (Å²) in [5.74, 6) is 0.307. The van der Waals surface area contributed by atoms with Gasteiger partial charge in [-0.2, -0.15) is 0 Å². The van der Waals surface area contributed by atoms with E-state index < -0.39 is 11.6 Å². The Morgan fingerprint density at radius 2 is 2.00 bits per heavy atom. The lowest BCUT2D eigenvalue weighted by atomic mass is 10.1. The molecule has 3 rings (SSSR count). The first-order chi connectivity index (χ1) is 13.6. The first-order valence-corrected chi connectivity index (χ1v) is 10.3. The minimum Gasteiger partial charge on any atom is -0.357 e. The SMILES string of the molecule is CCNC(=NCCc1cc(F)ccc1F)NC1CCN(C(=O)C2CCCC2)C1.I. The molecule has 0 spiro atoms. The van der Waals surface area contributed by atoms with E-state index >= 15 is 0 Å². The zero-order chi connectivity index (χ0) is 19.9. The Hall–Kier alpha value is -1.45. The molecule has 1 aromatic carbocycles. The van der Waals surface area contributed by atoms with Crippen LogP contribution >= 0.6 is 24.0 Å². The Morgan fingerprint density at radius 3 is 2.72 bits per heavy atom. The topological polar surface area (TPSA) is 56.7 Å². The van der Waals surface area contributed by atoms with Crippen LogP contribution in [-0.2, 0) is 11.2 Å². The molecule has 1 heterocycles. The number of hydrogen-bond donors (Lipinski definition) is 2. The van der Waals surface area contributed by atoms with E-state index in [2.05, 4.69) is 15.6 Å². The van der Waals surface area contributed by atoms with Crippen LogP contribution in [-0.4, -0.2) is 49.0 Å². The first kappa shape index (κ1) is 23.8. The summed E-state index contributed by atoms with van der Waals surface area (Å²) in [4.78, 5) is 19.0. The van der Waals surface area contributed by atoms with Crippen molar-refractivity contribution < 1.29 is 13.6 Å². The second-order valence-corrected chi connectivity index (χ2v) is 7.64. The number of aliphatic imine (C=N–C) groups is 1. The smallest absolute Gasteiger partial charge is 0.225 e. The van der Waals surface area contributed by atoms with Gasteiger partial charge in [0.15, 0.2) is 5.96 Å². The van der Waals surface area contributed by atoms with Crippen LogP contribution in [0.3, 0.4) is 0 Å². The maximum Gasteiger partial charge on any atom is 0.225 e. The average molecular weight is 520 g/mol. The van der Waals surface area contributed by atoms with E-state index in [1.807, 2.05) is 11.8 Å². The summed E-state index contributed by atoms with van der Waals surface area (Å²) in [6.45, 7) is 4.51. The number of guanidine groups is 1. The fourth-order valence-electron chi connectivity index (χ4n) is 4.05. The third kappa shape index (κ3) is 6.79. The number of likely N-dealkylation sites (tertiary alicyclic amines) is 1. The number of hydrogen-bond acceptors (Lipinski definition) is 2. The van der Waals surface area contributed by atoms with Crippen molar-refractivity contribution in [2.75, 3.05) is 26.2 Å². The molecule has 1 aliphatic carbocycles. The molecule has 2 aliphatic rings. The van der Waals surface area contributed by atoms with Crippen molar-refractivity contribution in [1.82, 2.24) is 15.5 Å². The van der Waals surface area contributed by atoms with Crippen molar-refractivity contribution >= 4 is 35.8 Å². The fourth-order valence-corrected chi connectivity index (χ4v) is 4.05. The second kappa shape index (κ2) is 11.7. The highest BCUT2D eigenvalue weighted by molar-refractivity contribution is 14.0. The molecule has 0 aromatic heterocycles. The highest BCUT2D eigenvalue weighted by atomic mass is 127. The highest BCUT2D eigenvalue weighted by Gasteiger charge is 2.32. The third-order valence-electron chi connectivity index (χ3n) is 5.55. The van der Waals surface area contributed by atoms with Gasteiger partial charge in [-0.1, -0.05) is 12.8 Å². The monoisotopic (exact) mass is 520 g/mol. The summed E-state index contributed by atoms with van der Waals surface area (Å²) < 4.78 is 27.0. The van der Waals surface area contributed by atoms with Gasteiger partial charge in [0.1, 0.15) is 11.6 Å². The Labute approximate surface area is 188 Å². The van der Waals surface area contributed by atoms with Gasteiger partial charge in [0, 0.05) is 38.1 Å². The van der Waals surface area contributed by atoms with E-state index in [9.17, 15) is 13.6 Å². The van der Waals surface area contributed by atoms with Crippen molar-refractivity contribution in [1.29, 1.82) is 0 Å². The number of carbonyl (C=O) groups is 1. The molecule has 8 heteroatoms. The molecule has 5 nitrogen and oxygen atoms in total. The van der Waals surface area contributed by atoms with Gasteiger partial charge in [0.05, 0.1) is 0 Å². The summed E-state index contributed by atoms with van der Waals surface area (Å²) in [6.07, 6.45) is 5.59. The van der Waals surface area contributed by atoms with Gasteiger partial charge in [-0.3, -0.25) is 9.79 Å². The van der Waals surface area contributed by atoms with Crippen molar-refractivity contribution in [2.45, 2.75) is 51.5 Å². The Morgan fingerprint density at radius 1 is 1.24 bits per heavy atom. The summed E-state index contributed by atoms with van der Waals surface area (Å²) in [5, 5.41) is 6.57. The van der Waals surface area contributed by atoms with Crippen molar-refractivity contribution in [3.05, 3.63) is 35.4 Å². The van der Waals surface area contributed by atoms with Gasteiger partial charge >= 0.3 is 0 Å². The third-order valence-corrected chi connectivity index (χ3v) is 5.55. The predicted octanol–water partition coefficient (Wildman–Crippen LogP) is 3.47. The average Bonchev–Trinajstić information content (AvgIpc) is 3.36. The van der Waals surface area contributed by atoms with Gasteiger partial charge < -0.3 is 15.5 Å². The highest BCUT2D eigenvalue weighted by Crippen LogP contribution is 2.27.